The Balaban J connectivity index is 0.00000372. The minimum absolute atomic E-state index is 0. The maximum absolute atomic E-state index is 6.82. The Bertz CT molecular complexity index is 2950. The van der Waals surface area contributed by atoms with Gasteiger partial charge in [0.25, 0.3) is 0 Å². The van der Waals surface area contributed by atoms with Gasteiger partial charge in [-0.15, -0.1) is 6.07 Å². The van der Waals surface area contributed by atoms with E-state index in [0.717, 1.165) is 90.4 Å². The first-order valence-corrected chi connectivity index (χ1v) is 19.4. The number of hydrogen-bond acceptors (Lipinski definition) is 4. The molecule has 0 saturated heterocycles. The van der Waals surface area contributed by atoms with Crippen molar-refractivity contribution in [3.8, 4) is 28.6 Å². The molecule has 9 aromatic rings. The molecule has 1 fully saturated rings. The molecule has 0 radical (unpaired) electrons. The van der Waals surface area contributed by atoms with Crippen molar-refractivity contribution in [2.45, 2.75) is 58.8 Å². The van der Waals surface area contributed by atoms with Crippen molar-refractivity contribution in [2.75, 3.05) is 0 Å². The number of nitrogens with zero attached hydrogens (tertiary/aromatic N) is 3. The predicted octanol–water partition coefficient (Wildman–Crippen LogP) is 12.6. The quantitative estimate of drug-likeness (QED) is 0.162. The molecule has 55 heavy (non-hydrogen) atoms. The van der Waals surface area contributed by atoms with Crippen LogP contribution in [0.25, 0.3) is 71.6 Å². The van der Waals surface area contributed by atoms with E-state index in [9.17, 15) is 0 Å². The van der Waals surface area contributed by atoms with Gasteiger partial charge in [0.15, 0.2) is 0 Å². The minimum Gasteiger partial charge on any atom is -0.500 e. The summed E-state index contributed by atoms with van der Waals surface area (Å²) in [5.74, 6) is 2.60. The van der Waals surface area contributed by atoms with Crippen LogP contribution in [-0.4, -0.2) is 14.5 Å². The molecule has 0 aliphatic heterocycles. The topological polar surface area (TPSA) is 53.1 Å². The van der Waals surface area contributed by atoms with Crippen LogP contribution in [0.15, 0.2) is 108 Å². The Morgan fingerprint density at radius 1 is 0.727 bits per heavy atom. The van der Waals surface area contributed by atoms with Gasteiger partial charge in [-0.25, -0.2) is 0 Å². The normalized spacial score (nSPS) is 16.0. The Morgan fingerprint density at radius 2 is 1.53 bits per heavy atom. The summed E-state index contributed by atoms with van der Waals surface area (Å²) in [4.78, 5) is 10.3. The molecule has 0 amide bonds. The van der Waals surface area contributed by atoms with Crippen molar-refractivity contribution in [2.24, 2.45) is 11.8 Å². The molecule has 272 valence electrons. The molecule has 1 unspecified atom stereocenters. The van der Waals surface area contributed by atoms with E-state index >= 15 is 0 Å². The van der Waals surface area contributed by atoms with Gasteiger partial charge in [0.1, 0.15) is 11.2 Å². The number of fused-ring (bicyclic) bond motifs is 9. The van der Waals surface area contributed by atoms with E-state index < -0.39 is 0 Å². The molecular weight excluding hydrogens is 858 g/mol. The number of aryl methyl sites for hydroxylation is 2. The smallest absolute Gasteiger partial charge is 0.500 e. The van der Waals surface area contributed by atoms with Crippen LogP contribution in [0.3, 0.4) is 0 Å². The van der Waals surface area contributed by atoms with Crippen LogP contribution in [0.4, 0.5) is 0 Å². The van der Waals surface area contributed by atoms with E-state index in [1.807, 2.05) is 12.1 Å². The summed E-state index contributed by atoms with van der Waals surface area (Å²) < 4.78 is 15.7. The van der Waals surface area contributed by atoms with Crippen molar-refractivity contribution in [3.63, 3.8) is 0 Å². The second-order valence-electron chi connectivity index (χ2n) is 15.6. The molecule has 2 aliphatic carbocycles. The van der Waals surface area contributed by atoms with E-state index in [-0.39, 0.29) is 21.1 Å². The third kappa shape index (κ3) is 5.70. The summed E-state index contributed by atoms with van der Waals surface area (Å²) in [5.41, 5.74) is 11.4. The number of hydrogen-bond donors (Lipinski definition) is 0. The van der Waals surface area contributed by atoms with E-state index in [2.05, 4.69) is 122 Å². The molecule has 1 atom stereocenters. The Labute approximate surface area is 334 Å². The first kappa shape index (κ1) is 34.3. The standard InChI is InChI=1S/C49H39N3O2.Pt/c1-29-16-18-36(22-30(29)2)52-45-15-9-8-14-39(45)41-20-21-46(51-49(41)52)53-37-26-42-40-19-17-32-12-6-7-13-38(32)47(40)54-48(42)43(27-37)44-25-34-23-33(24-35(34)28-50-44)31-10-4-3-5-11-31;/h6-9,12-17,19-22,25-26,28,31,33H,3-5,10-11,23-24H2,1-2H3;/q-2;+2. The summed E-state index contributed by atoms with van der Waals surface area (Å²) in [5, 5.41) is 6.44. The third-order valence-corrected chi connectivity index (χ3v) is 12.4. The molecular formula is C49H39N3O2Pt. The Morgan fingerprint density at radius 3 is 2.40 bits per heavy atom. The van der Waals surface area contributed by atoms with E-state index in [0.29, 0.717) is 17.5 Å². The van der Waals surface area contributed by atoms with Crippen LogP contribution < -0.4 is 4.74 Å². The number of ether oxygens (including phenoxy) is 1. The second-order valence-corrected chi connectivity index (χ2v) is 15.6. The van der Waals surface area contributed by atoms with Crippen molar-refractivity contribution in [1.82, 2.24) is 14.5 Å². The fourth-order valence-electron chi connectivity index (χ4n) is 9.39. The molecule has 5 nitrogen and oxygen atoms in total. The average Bonchev–Trinajstić information content (AvgIpc) is 3.91. The summed E-state index contributed by atoms with van der Waals surface area (Å²) in [6.45, 7) is 4.25. The molecule has 4 heterocycles. The second kappa shape index (κ2) is 13.5. The number of furan rings is 1. The fraction of sp³-hybridized carbons (Fsp3) is 0.224. The fourth-order valence-corrected chi connectivity index (χ4v) is 9.39. The van der Waals surface area contributed by atoms with Crippen LogP contribution in [0.1, 0.15) is 54.4 Å². The zero-order valence-corrected chi connectivity index (χ0v) is 33.2. The SMILES string of the molecule is Cc1c[c-]c(-n2c3ccccc3c3ccc(Oc4[c-]c(-c5cc6c(cn5)CC(C5CCCCC5)C6)c5oc6c7ccccc7ccc6c5c4)nc32)cc1C.[Pt+2]. The first-order valence-electron chi connectivity index (χ1n) is 19.4. The van der Waals surface area contributed by atoms with E-state index in [1.54, 1.807) is 0 Å². The largest absolute Gasteiger partial charge is 2.00 e. The van der Waals surface area contributed by atoms with Gasteiger partial charge in [0.05, 0.1) is 11.1 Å². The van der Waals surface area contributed by atoms with Crippen molar-refractivity contribution >= 4 is 54.6 Å². The van der Waals surface area contributed by atoms with Gasteiger partial charge in [-0.2, -0.15) is 28.2 Å². The maximum atomic E-state index is 6.82. The van der Waals surface area contributed by atoms with Gasteiger partial charge in [0, 0.05) is 39.6 Å². The summed E-state index contributed by atoms with van der Waals surface area (Å²) >= 11 is 0. The molecule has 1 saturated carbocycles. The van der Waals surface area contributed by atoms with E-state index in [4.69, 9.17) is 19.1 Å². The summed E-state index contributed by atoms with van der Waals surface area (Å²) in [6.07, 6.45) is 11.2. The van der Waals surface area contributed by atoms with Crippen LogP contribution in [0.2, 0.25) is 0 Å². The Hall–Kier alpha value is -5.25. The molecule has 0 N–H and O–H groups in total. The van der Waals surface area contributed by atoms with Crippen molar-refractivity contribution in [3.05, 3.63) is 138 Å². The first-order chi connectivity index (χ1) is 26.6. The van der Waals surface area contributed by atoms with Crippen molar-refractivity contribution < 1.29 is 30.2 Å². The van der Waals surface area contributed by atoms with Crippen LogP contribution >= 0.6 is 0 Å². The Kier molecular flexibility index (Phi) is 8.41. The van der Waals surface area contributed by atoms with Gasteiger partial charge in [-0.3, -0.25) is 0 Å². The number of para-hydroxylation sites is 1. The van der Waals surface area contributed by atoms with Gasteiger partial charge in [-0.1, -0.05) is 141 Å². The van der Waals surface area contributed by atoms with Crippen molar-refractivity contribution in [1.29, 1.82) is 0 Å². The van der Waals surface area contributed by atoms with Gasteiger partial charge in [-0.05, 0) is 53.5 Å². The monoisotopic (exact) mass is 896 g/mol. The van der Waals surface area contributed by atoms with Crippen LogP contribution in [-0.2, 0) is 33.9 Å². The summed E-state index contributed by atoms with van der Waals surface area (Å²) in [6, 6.07) is 40.9. The predicted molar refractivity (Wildman–Crippen MR) is 218 cm³/mol. The van der Waals surface area contributed by atoms with Gasteiger partial charge >= 0.3 is 21.1 Å². The zero-order valence-electron chi connectivity index (χ0n) is 30.9. The zero-order chi connectivity index (χ0) is 35.9. The number of benzene rings is 5. The molecule has 11 rings (SSSR count). The third-order valence-electron chi connectivity index (χ3n) is 12.4. The molecule has 5 aromatic carbocycles. The molecule has 0 bridgehead atoms. The van der Waals surface area contributed by atoms with Crippen LogP contribution in [0.5, 0.6) is 11.6 Å². The maximum Gasteiger partial charge on any atom is 2.00 e. The molecule has 2 aliphatic rings. The number of aromatic nitrogens is 3. The average molecular weight is 897 g/mol. The van der Waals surface area contributed by atoms with Gasteiger partial charge < -0.3 is 18.7 Å². The van der Waals surface area contributed by atoms with E-state index in [1.165, 1.54) is 54.4 Å². The van der Waals surface area contributed by atoms with Crippen LogP contribution in [0, 0.1) is 37.8 Å². The van der Waals surface area contributed by atoms with Gasteiger partial charge in [0.2, 0.25) is 5.88 Å². The molecule has 0 spiro atoms. The minimum atomic E-state index is 0. The molecule has 6 heteroatoms. The number of pyridine rings is 2. The summed E-state index contributed by atoms with van der Waals surface area (Å²) in [7, 11) is 0. The number of rotatable bonds is 5. The molecule has 4 aromatic heterocycles.